The molecule has 0 saturated carbocycles. The number of hydrogen-bond donors (Lipinski definition) is 2. The molecular formula is C17H21N5O2S. The van der Waals surface area contributed by atoms with Gasteiger partial charge in [0.2, 0.25) is 5.13 Å². The van der Waals surface area contributed by atoms with Crippen LogP contribution in [0.15, 0.2) is 34.7 Å². The smallest absolute Gasteiger partial charge is 0.205 e. The van der Waals surface area contributed by atoms with Gasteiger partial charge in [-0.15, -0.1) is 11.3 Å². The summed E-state index contributed by atoms with van der Waals surface area (Å²) in [6.07, 6.45) is 3.60. The van der Waals surface area contributed by atoms with Crippen LogP contribution in [0.25, 0.3) is 0 Å². The Hall–Kier alpha value is -2.16. The topological polar surface area (TPSA) is 85.0 Å². The van der Waals surface area contributed by atoms with Crippen molar-refractivity contribution in [1.82, 2.24) is 4.98 Å². The molecule has 7 nitrogen and oxygen atoms in total. The molecule has 4 rings (SSSR count). The van der Waals surface area contributed by atoms with Gasteiger partial charge < -0.3 is 20.1 Å². The Balaban J connectivity index is 1.32. The minimum atomic E-state index is -0.325. The van der Waals surface area contributed by atoms with Gasteiger partial charge in [-0.05, 0) is 17.7 Å². The van der Waals surface area contributed by atoms with E-state index in [0.717, 1.165) is 44.7 Å². The number of piperidine rings is 1. The molecule has 1 aromatic heterocycles. The maximum atomic E-state index is 5.78. The van der Waals surface area contributed by atoms with E-state index < -0.39 is 0 Å². The number of nitrogens with two attached hydrogens (primary N) is 1. The standard InChI is InChI=1S/C17H21N5O2S/c18-15-12-25-16(20-15)21-19-11-13-1-3-14(4-2-13)22-7-5-17(6-8-22)23-9-10-24-17/h1-4,11-12H,5-10,18H2,(H,20,21). The number of rotatable bonds is 4. The summed E-state index contributed by atoms with van der Waals surface area (Å²) in [5.41, 5.74) is 10.7. The third-order valence-electron chi connectivity index (χ3n) is 4.49. The van der Waals surface area contributed by atoms with Crippen LogP contribution >= 0.6 is 11.3 Å². The second-order valence-corrected chi connectivity index (χ2v) is 6.99. The molecule has 3 heterocycles. The Labute approximate surface area is 150 Å². The summed E-state index contributed by atoms with van der Waals surface area (Å²) in [4.78, 5) is 6.46. The summed E-state index contributed by atoms with van der Waals surface area (Å²) in [7, 11) is 0. The highest BCUT2D eigenvalue weighted by Crippen LogP contribution is 2.33. The highest BCUT2D eigenvalue weighted by molar-refractivity contribution is 7.14. The van der Waals surface area contributed by atoms with E-state index >= 15 is 0 Å². The molecule has 2 saturated heterocycles. The number of nitrogens with one attached hydrogen (secondary N) is 1. The van der Waals surface area contributed by atoms with E-state index in [4.69, 9.17) is 15.2 Å². The van der Waals surface area contributed by atoms with Gasteiger partial charge in [-0.3, -0.25) is 5.43 Å². The molecule has 8 heteroatoms. The normalized spacial score (nSPS) is 19.8. The number of thiazole rings is 1. The summed E-state index contributed by atoms with van der Waals surface area (Å²) in [5.74, 6) is 0.178. The first-order valence-electron chi connectivity index (χ1n) is 8.36. The van der Waals surface area contributed by atoms with Crippen molar-refractivity contribution >= 4 is 34.2 Å². The first-order valence-corrected chi connectivity index (χ1v) is 9.23. The molecular weight excluding hydrogens is 338 g/mol. The van der Waals surface area contributed by atoms with E-state index in [1.807, 2.05) is 0 Å². The highest BCUT2D eigenvalue weighted by atomic mass is 32.1. The first-order chi connectivity index (χ1) is 12.2. The number of aromatic nitrogens is 1. The van der Waals surface area contributed by atoms with Gasteiger partial charge in [-0.25, -0.2) is 4.98 Å². The molecule has 0 atom stereocenters. The number of nitrogens with zero attached hydrogens (tertiary/aromatic N) is 3. The van der Waals surface area contributed by atoms with Gasteiger partial charge in [-0.1, -0.05) is 12.1 Å². The highest BCUT2D eigenvalue weighted by Gasteiger charge is 2.39. The zero-order valence-corrected chi connectivity index (χ0v) is 14.7. The van der Waals surface area contributed by atoms with Crippen LogP contribution in [0.4, 0.5) is 16.6 Å². The van der Waals surface area contributed by atoms with E-state index in [0.29, 0.717) is 10.9 Å². The lowest BCUT2D eigenvalue weighted by atomic mass is 10.0. The van der Waals surface area contributed by atoms with Crippen molar-refractivity contribution in [2.45, 2.75) is 18.6 Å². The lowest BCUT2D eigenvalue weighted by Gasteiger charge is -2.38. The van der Waals surface area contributed by atoms with E-state index in [1.165, 1.54) is 17.0 Å². The quantitative estimate of drug-likeness (QED) is 0.644. The van der Waals surface area contributed by atoms with E-state index in [9.17, 15) is 0 Å². The predicted octanol–water partition coefficient (Wildman–Crippen LogP) is 2.51. The second kappa shape index (κ2) is 6.99. The molecule has 2 fully saturated rings. The number of nitrogen functional groups attached to an aromatic ring is 1. The molecule has 0 amide bonds. The van der Waals surface area contributed by atoms with Gasteiger partial charge in [-0.2, -0.15) is 5.10 Å². The Morgan fingerprint density at radius 2 is 1.92 bits per heavy atom. The van der Waals surface area contributed by atoms with Crippen molar-refractivity contribution in [2.24, 2.45) is 5.10 Å². The van der Waals surface area contributed by atoms with Crippen LogP contribution in [0.2, 0.25) is 0 Å². The molecule has 2 aliphatic rings. The molecule has 2 aromatic rings. The zero-order chi connectivity index (χ0) is 17.1. The van der Waals surface area contributed by atoms with E-state index in [2.05, 4.69) is 44.7 Å². The van der Waals surface area contributed by atoms with Crippen molar-refractivity contribution in [3.05, 3.63) is 35.2 Å². The minimum absolute atomic E-state index is 0.325. The molecule has 0 bridgehead atoms. The fourth-order valence-electron chi connectivity index (χ4n) is 3.16. The van der Waals surface area contributed by atoms with Gasteiger partial charge >= 0.3 is 0 Å². The molecule has 2 aliphatic heterocycles. The Bertz CT molecular complexity index is 730. The maximum Gasteiger partial charge on any atom is 0.205 e. The van der Waals surface area contributed by atoms with Crippen LogP contribution < -0.4 is 16.1 Å². The lowest BCUT2D eigenvalue weighted by Crippen LogP contribution is -2.45. The predicted molar refractivity (Wildman–Crippen MR) is 100 cm³/mol. The van der Waals surface area contributed by atoms with Crippen LogP contribution in [0.1, 0.15) is 18.4 Å². The molecule has 0 radical (unpaired) electrons. The van der Waals surface area contributed by atoms with Gasteiger partial charge in [0.1, 0.15) is 5.82 Å². The van der Waals surface area contributed by atoms with E-state index in [1.54, 1.807) is 11.6 Å². The van der Waals surface area contributed by atoms with Crippen molar-refractivity contribution in [3.63, 3.8) is 0 Å². The summed E-state index contributed by atoms with van der Waals surface area (Å²) >= 11 is 1.43. The first kappa shape index (κ1) is 16.3. The SMILES string of the molecule is Nc1csc(NN=Cc2ccc(N3CCC4(CC3)OCCO4)cc2)n1. The number of anilines is 3. The minimum Gasteiger partial charge on any atom is -0.383 e. The summed E-state index contributed by atoms with van der Waals surface area (Å²) in [6.45, 7) is 3.33. The molecule has 1 spiro atoms. The fourth-order valence-corrected chi connectivity index (χ4v) is 3.71. The molecule has 1 aromatic carbocycles. The van der Waals surface area contributed by atoms with Gasteiger partial charge in [0, 0.05) is 37.0 Å². The lowest BCUT2D eigenvalue weighted by molar-refractivity contribution is -0.169. The van der Waals surface area contributed by atoms with Crippen LogP contribution in [0.5, 0.6) is 0 Å². The van der Waals surface area contributed by atoms with Crippen molar-refractivity contribution in [3.8, 4) is 0 Å². The summed E-state index contributed by atoms with van der Waals surface area (Å²) in [5, 5.41) is 6.65. The number of hydrazone groups is 1. The Morgan fingerprint density at radius 3 is 2.56 bits per heavy atom. The average molecular weight is 359 g/mol. The number of ether oxygens (including phenoxy) is 2. The van der Waals surface area contributed by atoms with E-state index in [-0.39, 0.29) is 5.79 Å². The third-order valence-corrected chi connectivity index (χ3v) is 5.26. The molecule has 132 valence electrons. The third kappa shape index (κ3) is 3.76. The van der Waals surface area contributed by atoms with Crippen LogP contribution in [0, 0.1) is 0 Å². The molecule has 0 unspecified atom stereocenters. The zero-order valence-electron chi connectivity index (χ0n) is 13.9. The largest absolute Gasteiger partial charge is 0.383 e. The average Bonchev–Trinajstić information content (AvgIpc) is 3.26. The fraction of sp³-hybridized carbons (Fsp3) is 0.412. The second-order valence-electron chi connectivity index (χ2n) is 6.13. The molecule has 0 aliphatic carbocycles. The van der Waals surface area contributed by atoms with Gasteiger partial charge in [0.25, 0.3) is 0 Å². The summed E-state index contributed by atoms with van der Waals surface area (Å²) in [6, 6.07) is 8.36. The number of hydrogen-bond acceptors (Lipinski definition) is 8. The molecule has 25 heavy (non-hydrogen) atoms. The Morgan fingerprint density at radius 1 is 1.20 bits per heavy atom. The van der Waals surface area contributed by atoms with Gasteiger partial charge in [0.15, 0.2) is 5.79 Å². The molecule has 3 N–H and O–H groups in total. The maximum absolute atomic E-state index is 5.78. The summed E-state index contributed by atoms with van der Waals surface area (Å²) < 4.78 is 11.6. The Kier molecular flexibility index (Phi) is 4.56. The van der Waals surface area contributed by atoms with Crippen molar-refractivity contribution < 1.29 is 9.47 Å². The van der Waals surface area contributed by atoms with Crippen molar-refractivity contribution in [1.29, 1.82) is 0 Å². The monoisotopic (exact) mass is 359 g/mol. The van der Waals surface area contributed by atoms with Crippen molar-refractivity contribution in [2.75, 3.05) is 42.4 Å². The van der Waals surface area contributed by atoms with Crippen LogP contribution in [0.3, 0.4) is 0 Å². The van der Waals surface area contributed by atoms with Gasteiger partial charge in [0.05, 0.1) is 19.4 Å². The van der Waals surface area contributed by atoms with Crippen LogP contribution in [-0.2, 0) is 9.47 Å². The van der Waals surface area contributed by atoms with Crippen LogP contribution in [-0.4, -0.2) is 43.3 Å². The number of benzene rings is 1.